The Bertz CT molecular complexity index is 954. The van der Waals surface area contributed by atoms with Gasteiger partial charge in [0.25, 0.3) is 0 Å². The molecule has 31 heavy (non-hydrogen) atoms. The molecule has 0 bridgehead atoms. The van der Waals surface area contributed by atoms with Gasteiger partial charge in [0.1, 0.15) is 0 Å². The molecule has 1 aliphatic heterocycles. The van der Waals surface area contributed by atoms with E-state index in [0.717, 1.165) is 0 Å². The molecule has 0 saturated carbocycles. The van der Waals surface area contributed by atoms with E-state index in [0.29, 0.717) is 6.42 Å². The molecule has 1 heterocycles. The second-order valence-electron chi connectivity index (χ2n) is 8.57. The van der Waals surface area contributed by atoms with Crippen LogP contribution in [-0.2, 0) is 14.3 Å². The second kappa shape index (κ2) is 8.31. The summed E-state index contributed by atoms with van der Waals surface area (Å²) in [6, 6.07) is 32.3. The molecule has 0 aromatic heterocycles. The maximum atomic E-state index is 12.4. The molecule has 5 heteroatoms. The number of benzene rings is 3. The summed E-state index contributed by atoms with van der Waals surface area (Å²) in [6.45, 7) is 4.59. The number of hydrogen-bond acceptors (Lipinski definition) is 3. The summed E-state index contributed by atoms with van der Waals surface area (Å²) in [4.78, 5) is 12.4. The van der Waals surface area contributed by atoms with Gasteiger partial charge in [-0.3, -0.25) is 0 Å². The van der Waals surface area contributed by atoms with Crippen LogP contribution in [0.5, 0.6) is 0 Å². The third kappa shape index (κ3) is 3.18. The number of halogens is 1. The van der Waals surface area contributed by atoms with Crippen molar-refractivity contribution in [2.24, 2.45) is 5.92 Å². The van der Waals surface area contributed by atoms with Crippen LogP contribution in [0.1, 0.15) is 20.3 Å². The van der Waals surface area contributed by atoms with Crippen molar-refractivity contribution >= 4 is 48.2 Å². The Kier molecular flexibility index (Phi) is 6.01. The van der Waals surface area contributed by atoms with Gasteiger partial charge < -0.3 is 0 Å². The SMILES string of the molecule is COC1OC(=O)CC1C(C)(C)P(I)(c1ccccc1)(c1ccccc1)c1ccccc1. The van der Waals surface area contributed by atoms with Crippen LogP contribution in [0.25, 0.3) is 0 Å². The summed E-state index contributed by atoms with van der Waals surface area (Å²) in [7, 11) is 1.63. The number of methoxy groups -OCH3 is 1. The van der Waals surface area contributed by atoms with E-state index in [1.165, 1.54) is 15.9 Å². The van der Waals surface area contributed by atoms with Crippen LogP contribution >= 0.6 is 26.3 Å². The number of rotatable bonds is 6. The minimum atomic E-state index is -3.18. The first-order valence-corrected chi connectivity index (χ1v) is 15.5. The molecule has 0 spiro atoms. The summed E-state index contributed by atoms with van der Waals surface area (Å²) in [5, 5.41) is 3.49. The maximum absolute atomic E-state index is 12.4. The normalized spacial score (nSPS) is 20.6. The second-order valence-corrected chi connectivity index (χ2v) is 19.1. The molecule has 1 saturated heterocycles. The Hall–Kier alpha value is -1.75. The third-order valence-corrected chi connectivity index (χ3v) is 22.0. The fourth-order valence-corrected chi connectivity index (χ4v) is 15.1. The number of carbonyl (C=O) groups excluding carboxylic acids is 1. The first-order chi connectivity index (χ1) is 14.8. The van der Waals surface area contributed by atoms with Crippen molar-refractivity contribution in [3.05, 3.63) is 91.0 Å². The fourth-order valence-electron chi connectivity index (χ4n) is 5.21. The van der Waals surface area contributed by atoms with Gasteiger partial charge in [0.2, 0.25) is 0 Å². The van der Waals surface area contributed by atoms with Crippen LogP contribution in [0.3, 0.4) is 0 Å². The quantitative estimate of drug-likeness (QED) is 0.243. The van der Waals surface area contributed by atoms with Crippen molar-refractivity contribution in [1.29, 1.82) is 0 Å². The predicted octanol–water partition coefficient (Wildman–Crippen LogP) is 5.18. The molecule has 0 aliphatic carbocycles. The number of esters is 1. The van der Waals surface area contributed by atoms with E-state index in [1.807, 2.05) is 0 Å². The first-order valence-electron chi connectivity index (χ1n) is 10.5. The monoisotopic (exact) mass is 546 g/mol. The average molecular weight is 546 g/mol. The zero-order valence-corrected chi connectivity index (χ0v) is 21.1. The molecule has 3 nitrogen and oxygen atoms in total. The van der Waals surface area contributed by atoms with Gasteiger partial charge in [0, 0.05) is 0 Å². The van der Waals surface area contributed by atoms with Gasteiger partial charge in [0.15, 0.2) is 0 Å². The van der Waals surface area contributed by atoms with Gasteiger partial charge in [-0.2, -0.15) is 0 Å². The standard InChI is InChI=1S/C26H28IO3P/c1-26(2,23-19-24(28)30-25(23)29-3)31(27,20-13-7-4-8-14-20,21-15-9-5-10-16-21)22-17-11-6-12-18-22/h4-18,23,25H,19H2,1-3H3. The van der Waals surface area contributed by atoms with E-state index in [-0.39, 0.29) is 17.0 Å². The van der Waals surface area contributed by atoms with Gasteiger partial charge in [-0.25, -0.2) is 0 Å². The minimum absolute atomic E-state index is 0.0971. The number of ether oxygens (including phenoxy) is 2. The van der Waals surface area contributed by atoms with E-state index >= 15 is 0 Å². The van der Waals surface area contributed by atoms with E-state index in [4.69, 9.17) is 9.47 Å². The molecule has 2 unspecified atom stereocenters. The first kappa shape index (κ1) is 22.4. The molecule has 0 N–H and O–H groups in total. The molecular formula is C26H28IO3P. The van der Waals surface area contributed by atoms with Gasteiger partial charge in [-0.15, -0.1) is 0 Å². The van der Waals surface area contributed by atoms with Crippen molar-refractivity contribution in [3.63, 3.8) is 0 Å². The topological polar surface area (TPSA) is 35.5 Å². The van der Waals surface area contributed by atoms with Gasteiger partial charge >= 0.3 is 198 Å². The molecule has 1 aliphatic rings. The summed E-state index contributed by atoms with van der Waals surface area (Å²) in [5.74, 6) is -0.291. The van der Waals surface area contributed by atoms with Crippen LogP contribution in [0.15, 0.2) is 91.0 Å². The molecule has 0 amide bonds. The predicted molar refractivity (Wildman–Crippen MR) is 138 cm³/mol. The zero-order chi connectivity index (χ0) is 22.1. The Balaban J connectivity index is 2.15. The van der Waals surface area contributed by atoms with Crippen LogP contribution in [-0.4, -0.2) is 24.5 Å². The summed E-state index contributed by atoms with van der Waals surface area (Å²) in [5.41, 5.74) is 0. The van der Waals surface area contributed by atoms with Crippen LogP contribution in [0.4, 0.5) is 0 Å². The van der Waals surface area contributed by atoms with Crippen molar-refractivity contribution < 1.29 is 14.3 Å². The molecule has 162 valence electrons. The summed E-state index contributed by atoms with van der Waals surface area (Å²) < 4.78 is 8.14. The molecule has 1 fully saturated rings. The molecule has 4 rings (SSSR count). The van der Waals surface area contributed by atoms with Crippen LogP contribution in [0, 0.1) is 5.92 Å². The Labute approximate surface area is 197 Å². The molecular weight excluding hydrogens is 518 g/mol. The average Bonchev–Trinajstić information content (AvgIpc) is 3.22. The van der Waals surface area contributed by atoms with E-state index in [1.54, 1.807) is 7.11 Å². The van der Waals surface area contributed by atoms with E-state index in [2.05, 4.69) is 127 Å². The van der Waals surface area contributed by atoms with Crippen molar-refractivity contribution in [2.75, 3.05) is 7.11 Å². The number of cyclic esters (lactones) is 1. The molecule has 3 aromatic rings. The fraction of sp³-hybridized carbons (Fsp3) is 0.269. The Morgan fingerprint density at radius 1 is 0.839 bits per heavy atom. The van der Waals surface area contributed by atoms with Crippen molar-refractivity contribution in [1.82, 2.24) is 0 Å². The van der Waals surface area contributed by atoms with Crippen molar-refractivity contribution in [3.8, 4) is 0 Å². The third-order valence-electron chi connectivity index (χ3n) is 6.91. The number of carbonyl (C=O) groups is 1. The molecule has 2 atom stereocenters. The van der Waals surface area contributed by atoms with Gasteiger partial charge in [0.05, 0.1) is 0 Å². The van der Waals surface area contributed by atoms with Gasteiger partial charge in [-0.1, -0.05) is 0 Å². The molecule has 3 aromatic carbocycles. The van der Waals surface area contributed by atoms with Crippen LogP contribution in [0.2, 0.25) is 0 Å². The van der Waals surface area contributed by atoms with E-state index < -0.39 is 10.5 Å². The number of hydrogen-bond donors (Lipinski definition) is 0. The van der Waals surface area contributed by atoms with E-state index in [9.17, 15) is 4.79 Å². The Morgan fingerprint density at radius 2 is 1.23 bits per heavy atom. The van der Waals surface area contributed by atoms with Gasteiger partial charge in [-0.05, 0) is 0 Å². The molecule has 0 radical (unpaired) electrons. The van der Waals surface area contributed by atoms with Crippen molar-refractivity contribution in [2.45, 2.75) is 31.7 Å². The van der Waals surface area contributed by atoms with Crippen LogP contribution < -0.4 is 15.9 Å². The Morgan fingerprint density at radius 3 is 1.58 bits per heavy atom. The zero-order valence-electron chi connectivity index (χ0n) is 18.1. The summed E-state index contributed by atoms with van der Waals surface area (Å²) >= 11 is 2.78. The summed E-state index contributed by atoms with van der Waals surface area (Å²) in [6.07, 6.45) is -0.214.